The average molecular weight is 627 g/mol. The quantitative estimate of drug-likeness (QED) is 0.190. The van der Waals surface area contributed by atoms with Crippen LogP contribution < -0.4 is 0 Å². The largest absolute Gasteiger partial charge is 0.228 e. The summed E-state index contributed by atoms with van der Waals surface area (Å²) in [6.45, 7) is 0. The van der Waals surface area contributed by atoms with Crippen molar-refractivity contribution >= 4 is 0 Å². The molecule has 6 aromatic carbocycles. The number of hydrogen-bond donors (Lipinski definition) is 0. The maximum Gasteiger partial charge on any atom is 0.160 e. The third kappa shape index (κ3) is 4.96. The van der Waals surface area contributed by atoms with Crippen molar-refractivity contribution in [2.75, 3.05) is 0 Å². The molecule has 0 saturated heterocycles. The molecule has 1 aromatic heterocycles. The summed E-state index contributed by atoms with van der Waals surface area (Å²) in [7, 11) is 0. The molecule has 1 fully saturated rings. The van der Waals surface area contributed by atoms with Crippen LogP contribution in [0.2, 0.25) is 0 Å². The van der Waals surface area contributed by atoms with Crippen molar-refractivity contribution in [1.29, 1.82) is 0 Å². The first-order valence-electron chi connectivity index (χ1n) is 21.2. The van der Waals surface area contributed by atoms with Gasteiger partial charge in [-0.1, -0.05) is 153 Å². The Morgan fingerprint density at radius 2 is 1.06 bits per heavy atom. The first-order valence-corrected chi connectivity index (χ1v) is 16.2. The van der Waals surface area contributed by atoms with Crippen LogP contribution in [0.5, 0.6) is 0 Å². The summed E-state index contributed by atoms with van der Waals surface area (Å²) in [5.41, 5.74) is 3.84. The molecule has 48 heavy (non-hydrogen) atoms. The van der Waals surface area contributed by atoms with Crippen LogP contribution in [0.15, 0.2) is 158 Å². The Bertz CT molecular complexity index is 2710. The van der Waals surface area contributed by atoms with Gasteiger partial charge in [-0.05, 0) is 81.5 Å². The molecule has 9 rings (SSSR count). The Kier molecular flexibility index (Phi) is 4.93. The minimum absolute atomic E-state index is 0.00267. The van der Waals surface area contributed by atoms with Gasteiger partial charge in [0.25, 0.3) is 0 Å². The third-order valence-electron chi connectivity index (χ3n) is 9.19. The van der Waals surface area contributed by atoms with Gasteiger partial charge in [-0.15, -0.1) is 0 Å². The molecule has 0 unspecified atom stereocenters. The second-order valence-electron chi connectivity index (χ2n) is 12.1. The van der Waals surface area contributed by atoms with Crippen molar-refractivity contribution in [3.63, 3.8) is 0 Å². The van der Waals surface area contributed by atoms with Gasteiger partial charge in [0, 0.05) is 27.6 Å². The molecule has 0 atom stereocenters. The number of benzene rings is 6. The number of aromatic nitrogens is 2. The van der Waals surface area contributed by atoms with Crippen molar-refractivity contribution in [3.05, 3.63) is 169 Å². The molecule has 0 bridgehead atoms. The molecule has 0 amide bonds. The van der Waals surface area contributed by atoms with E-state index in [-0.39, 0.29) is 71.2 Å². The lowest BCUT2D eigenvalue weighted by atomic mass is 9.67. The van der Waals surface area contributed by atoms with Crippen LogP contribution in [-0.4, -0.2) is 9.97 Å². The topological polar surface area (TPSA) is 25.8 Å². The summed E-state index contributed by atoms with van der Waals surface area (Å²) in [6.07, 6.45) is -4.42. The molecule has 230 valence electrons. The molecule has 7 aromatic rings. The molecule has 0 N–H and O–H groups in total. The normalized spacial score (nSPS) is 19.5. The van der Waals surface area contributed by atoms with Gasteiger partial charge in [0.15, 0.2) is 5.82 Å². The minimum Gasteiger partial charge on any atom is -0.228 e. The SMILES string of the molecule is [2H]c1cc2c(c([2H])c1[2H])-c1c([2H])c([2H])c(-c3cccc(-c4cccc(-c5cc(-c6ccccc6)nc(-c6ccccc6)n5)c4)c3)c([2H])c1C21C([2H])([2H])CCCC1([2H])[2H]. The van der Waals surface area contributed by atoms with E-state index in [9.17, 15) is 9.60 Å². The van der Waals surface area contributed by atoms with Gasteiger partial charge in [-0.25, -0.2) is 9.97 Å². The highest BCUT2D eigenvalue weighted by Gasteiger charge is 2.43. The van der Waals surface area contributed by atoms with E-state index < -0.39 is 30.2 Å². The summed E-state index contributed by atoms with van der Waals surface area (Å²) < 4.78 is 91.9. The van der Waals surface area contributed by atoms with E-state index in [1.165, 1.54) is 6.07 Å². The van der Waals surface area contributed by atoms with Crippen LogP contribution in [0.3, 0.4) is 0 Å². The highest BCUT2D eigenvalue weighted by atomic mass is 14.9. The fourth-order valence-corrected chi connectivity index (χ4v) is 6.84. The molecule has 2 nitrogen and oxygen atoms in total. The minimum atomic E-state index is -2.29. The Morgan fingerprint density at radius 3 is 1.79 bits per heavy atom. The van der Waals surface area contributed by atoms with Gasteiger partial charge in [-0.2, -0.15) is 0 Å². The van der Waals surface area contributed by atoms with Crippen molar-refractivity contribution in [2.45, 2.75) is 37.4 Å². The third-order valence-corrected chi connectivity index (χ3v) is 9.19. The number of nitrogens with zero attached hydrogens (tertiary/aromatic N) is 2. The van der Waals surface area contributed by atoms with Crippen LogP contribution in [0, 0.1) is 0 Å². The van der Waals surface area contributed by atoms with Crippen molar-refractivity contribution < 1.29 is 13.7 Å². The molecule has 2 heteroatoms. The van der Waals surface area contributed by atoms with Crippen LogP contribution in [0.25, 0.3) is 67.3 Å². The Labute approximate surface area is 296 Å². The summed E-state index contributed by atoms with van der Waals surface area (Å²) in [4.78, 5) is 9.90. The van der Waals surface area contributed by atoms with Gasteiger partial charge in [0.05, 0.1) is 19.6 Å². The van der Waals surface area contributed by atoms with Gasteiger partial charge < -0.3 is 0 Å². The van der Waals surface area contributed by atoms with Crippen LogP contribution in [0.1, 0.15) is 56.8 Å². The lowest BCUT2D eigenvalue weighted by Crippen LogP contribution is -2.28. The molecule has 2 aliphatic rings. The first-order chi connectivity index (χ1) is 27.7. The van der Waals surface area contributed by atoms with Gasteiger partial charge >= 0.3 is 0 Å². The van der Waals surface area contributed by atoms with E-state index >= 15 is 0 Å². The Hall–Kier alpha value is -5.60. The zero-order chi connectivity index (χ0) is 40.7. The summed E-state index contributed by atoms with van der Waals surface area (Å²) in [5, 5.41) is 0. The zero-order valence-electron chi connectivity index (χ0n) is 36.1. The van der Waals surface area contributed by atoms with Gasteiger partial charge in [0.1, 0.15) is 0 Å². The highest BCUT2D eigenvalue weighted by Crippen LogP contribution is 2.56. The zero-order valence-corrected chi connectivity index (χ0v) is 26.1. The Morgan fingerprint density at radius 1 is 0.479 bits per heavy atom. The molecule has 2 aliphatic carbocycles. The fourth-order valence-electron chi connectivity index (χ4n) is 6.84. The van der Waals surface area contributed by atoms with E-state index in [1.807, 2.05) is 103 Å². The van der Waals surface area contributed by atoms with E-state index in [1.54, 1.807) is 12.1 Å². The summed E-state index contributed by atoms with van der Waals surface area (Å²) in [5.74, 6) is 0.584. The van der Waals surface area contributed by atoms with Gasteiger partial charge in [0.2, 0.25) is 0 Å². The summed E-state index contributed by atoms with van der Waals surface area (Å²) in [6, 6.07) is 35.8. The van der Waals surface area contributed by atoms with E-state index in [4.69, 9.17) is 14.1 Å². The monoisotopic (exact) mass is 626 g/mol. The standard InChI is InChI=1S/C46H36N2/c1-4-14-32(15-5-1)43-31-44(48-45(47-43)33-16-6-2-7-17-33)38-21-13-20-36(29-38)34-18-12-19-35(28-34)37-24-25-40-39-22-8-9-23-41(39)46(42(40)30-37)26-10-3-11-27-46/h1-2,4-9,12-25,28-31H,3,10-11,26-27H2/i8D,9D,22D,24D,25D,26D2,27D2,30D. The van der Waals surface area contributed by atoms with Crippen molar-refractivity contribution in [1.82, 2.24) is 9.97 Å². The highest BCUT2D eigenvalue weighted by molar-refractivity contribution is 5.85. The maximum atomic E-state index is 9.77. The lowest BCUT2D eigenvalue weighted by molar-refractivity contribution is 0.353. The molecular weight excluding hydrogens is 581 g/mol. The summed E-state index contributed by atoms with van der Waals surface area (Å²) >= 11 is 0. The van der Waals surface area contributed by atoms with Crippen LogP contribution >= 0.6 is 0 Å². The fraction of sp³-hybridized carbons (Fsp3) is 0.130. The van der Waals surface area contributed by atoms with Crippen LogP contribution in [0.4, 0.5) is 0 Å². The second kappa shape index (κ2) is 11.9. The average Bonchev–Trinajstić information content (AvgIpc) is 3.55. The van der Waals surface area contributed by atoms with E-state index in [0.717, 1.165) is 33.5 Å². The molecule has 1 spiro atoms. The number of fused-ring (bicyclic) bond motifs is 5. The number of hydrogen-bond acceptors (Lipinski definition) is 2. The molecule has 1 saturated carbocycles. The Balaban J connectivity index is 1.21. The van der Waals surface area contributed by atoms with E-state index in [0.29, 0.717) is 17.1 Å². The predicted molar refractivity (Wildman–Crippen MR) is 199 cm³/mol. The maximum absolute atomic E-state index is 9.77. The molecule has 1 heterocycles. The van der Waals surface area contributed by atoms with Crippen LogP contribution in [-0.2, 0) is 5.41 Å². The molecular formula is C46H36N2. The smallest absolute Gasteiger partial charge is 0.160 e. The van der Waals surface area contributed by atoms with Gasteiger partial charge in [-0.3, -0.25) is 0 Å². The first kappa shape index (κ1) is 19.9. The lowest BCUT2D eigenvalue weighted by Gasteiger charge is -2.36. The number of rotatable bonds is 5. The second-order valence-corrected chi connectivity index (χ2v) is 12.1. The molecule has 0 radical (unpaired) electrons. The van der Waals surface area contributed by atoms with E-state index in [2.05, 4.69) is 0 Å². The molecule has 0 aliphatic heterocycles. The van der Waals surface area contributed by atoms with Crippen molar-refractivity contribution in [3.8, 4) is 67.3 Å². The predicted octanol–water partition coefficient (Wildman–Crippen LogP) is 12.0. The van der Waals surface area contributed by atoms with Crippen molar-refractivity contribution in [2.24, 2.45) is 0 Å².